The maximum Gasteiger partial charge on any atom is 0.407 e. The summed E-state index contributed by atoms with van der Waals surface area (Å²) >= 11 is 0. The molecule has 258 valence electrons. The number of benzene rings is 1. The summed E-state index contributed by atoms with van der Waals surface area (Å²) < 4.78 is 7.47. The number of carbonyl (C=O) groups excluding carboxylic acids is 4. The highest BCUT2D eigenvalue weighted by atomic mass is 16.5. The zero-order valence-corrected chi connectivity index (χ0v) is 26.8. The fraction of sp³-hybridized carbons (Fsp3) is 0.531. The molecule has 3 fully saturated rings. The molecule has 0 spiro atoms. The first-order valence-corrected chi connectivity index (χ1v) is 16.2. The fourth-order valence-corrected chi connectivity index (χ4v) is 6.31. The van der Waals surface area contributed by atoms with Crippen molar-refractivity contribution in [3.05, 3.63) is 42.1 Å². The first kappa shape index (κ1) is 34.2. The number of nitrogens with one attached hydrogen (secondary N) is 1. The van der Waals surface area contributed by atoms with Crippen LogP contribution in [0.1, 0.15) is 55.9 Å². The second-order valence-corrected chi connectivity index (χ2v) is 12.2. The number of carboxylic acids is 1. The van der Waals surface area contributed by atoms with Crippen molar-refractivity contribution in [2.24, 2.45) is 0 Å². The molecule has 3 N–H and O–H groups in total. The molecule has 1 aromatic heterocycles. The molecule has 3 aliphatic heterocycles. The van der Waals surface area contributed by atoms with Crippen LogP contribution >= 0.6 is 0 Å². The number of hydrogen-bond donors (Lipinski definition) is 3. The third-order valence-electron chi connectivity index (χ3n) is 8.91. The molecule has 48 heavy (non-hydrogen) atoms. The van der Waals surface area contributed by atoms with Gasteiger partial charge < -0.3 is 39.9 Å². The van der Waals surface area contributed by atoms with Crippen LogP contribution in [0.15, 0.2) is 36.4 Å². The van der Waals surface area contributed by atoms with Gasteiger partial charge in [-0.3, -0.25) is 24.0 Å². The Balaban J connectivity index is 1.33. The smallest absolute Gasteiger partial charge is 0.407 e. The lowest BCUT2D eigenvalue weighted by molar-refractivity contribution is -0.147. The Labute approximate surface area is 277 Å². The molecule has 0 bridgehead atoms. The van der Waals surface area contributed by atoms with Gasteiger partial charge in [0.25, 0.3) is 11.8 Å². The highest BCUT2D eigenvalue weighted by Crippen LogP contribution is 2.25. The number of aliphatic carboxylic acids is 1. The Morgan fingerprint density at radius 2 is 1.54 bits per heavy atom. The van der Waals surface area contributed by atoms with Gasteiger partial charge in [-0.25, -0.2) is 9.48 Å². The lowest BCUT2D eigenvalue weighted by Gasteiger charge is -2.35. The minimum atomic E-state index is -1.21. The van der Waals surface area contributed by atoms with Gasteiger partial charge in [-0.1, -0.05) is 18.2 Å². The first-order valence-electron chi connectivity index (χ1n) is 16.2. The number of rotatable bonds is 11. The Morgan fingerprint density at radius 3 is 2.19 bits per heavy atom. The molecule has 16 heteroatoms. The number of ether oxygens (including phenoxy) is 1. The van der Waals surface area contributed by atoms with E-state index in [9.17, 15) is 39.0 Å². The van der Waals surface area contributed by atoms with E-state index in [4.69, 9.17) is 4.74 Å². The second kappa shape index (κ2) is 15.2. The average Bonchev–Trinajstić information content (AvgIpc) is 3.88. The molecule has 0 radical (unpaired) electrons. The molecule has 4 heterocycles. The van der Waals surface area contributed by atoms with Crippen LogP contribution in [0.2, 0.25) is 0 Å². The molecule has 2 aromatic rings. The highest BCUT2D eigenvalue weighted by molar-refractivity contribution is 5.96. The van der Waals surface area contributed by atoms with E-state index in [0.717, 1.165) is 12.8 Å². The van der Waals surface area contributed by atoms with E-state index in [2.05, 4.69) is 10.4 Å². The SMILES string of the molecule is C[C@@H](Oc1cc(C(=O)NC(CCC(=O)O)C(=O)N2CCN(C(=O)O)CC2)nn1-c1ccccc1)C(=O)N1CCCC1C(=O)N1CCCC1. The molecule has 0 saturated carbocycles. The quantitative estimate of drug-likeness (QED) is 0.312. The van der Waals surface area contributed by atoms with E-state index in [0.29, 0.717) is 38.2 Å². The van der Waals surface area contributed by atoms with E-state index in [-0.39, 0.29) is 56.0 Å². The molecule has 3 saturated heterocycles. The highest BCUT2D eigenvalue weighted by Gasteiger charge is 2.39. The monoisotopic (exact) mass is 667 g/mol. The zero-order chi connectivity index (χ0) is 34.4. The molecule has 0 aliphatic carbocycles. The molecule has 2 unspecified atom stereocenters. The summed E-state index contributed by atoms with van der Waals surface area (Å²) in [6, 6.07) is 8.37. The van der Waals surface area contributed by atoms with E-state index in [1.165, 1.54) is 20.5 Å². The van der Waals surface area contributed by atoms with Crippen LogP contribution in [0, 0.1) is 0 Å². The van der Waals surface area contributed by atoms with E-state index < -0.39 is 48.5 Å². The summed E-state index contributed by atoms with van der Waals surface area (Å²) in [6.45, 7) is 3.75. The molecule has 5 rings (SSSR count). The summed E-state index contributed by atoms with van der Waals surface area (Å²) in [7, 11) is 0. The number of hydrogen-bond acceptors (Lipinski definition) is 8. The van der Waals surface area contributed by atoms with E-state index in [1.54, 1.807) is 42.2 Å². The summed E-state index contributed by atoms with van der Waals surface area (Å²) in [5, 5.41) is 25.5. The number of nitrogens with zero attached hydrogens (tertiary/aromatic N) is 6. The second-order valence-electron chi connectivity index (χ2n) is 12.2. The zero-order valence-electron chi connectivity index (χ0n) is 26.8. The van der Waals surface area contributed by atoms with Crippen molar-refractivity contribution in [2.45, 2.75) is 63.6 Å². The van der Waals surface area contributed by atoms with Crippen molar-refractivity contribution in [3.8, 4) is 11.6 Å². The maximum atomic E-state index is 13.6. The molecular weight excluding hydrogens is 626 g/mol. The van der Waals surface area contributed by atoms with Gasteiger partial charge in [0.15, 0.2) is 11.8 Å². The number of amides is 5. The summed E-state index contributed by atoms with van der Waals surface area (Å²) in [6.07, 6.45) is 0.463. The Hall–Kier alpha value is -5.15. The predicted molar refractivity (Wildman–Crippen MR) is 169 cm³/mol. The van der Waals surface area contributed by atoms with Gasteiger partial charge >= 0.3 is 12.1 Å². The standard InChI is InChI=1S/C32H41N7O9/c1-21(29(43)38-15-7-10-25(38)31(45)35-13-5-6-14-35)48-26-20-24(34-39(26)22-8-3-2-4-9-22)28(42)33-23(11-12-27(40)41)30(44)36-16-18-37(19-17-36)32(46)47/h2-4,8-9,20-21,23,25H,5-7,10-19H2,1H3,(H,33,42)(H,40,41)(H,46,47)/t21-,23?,25?/m1/s1. The molecule has 3 aliphatic rings. The molecule has 16 nitrogen and oxygen atoms in total. The van der Waals surface area contributed by atoms with Crippen molar-refractivity contribution in [3.63, 3.8) is 0 Å². The van der Waals surface area contributed by atoms with Crippen LogP contribution in [-0.2, 0) is 19.2 Å². The number of carboxylic acid groups (broad SMARTS) is 2. The van der Waals surface area contributed by atoms with Gasteiger partial charge in [-0.2, -0.15) is 5.10 Å². The third kappa shape index (κ3) is 7.86. The number of carbonyl (C=O) groups is 6. The van der Waals surface area contributed by atoms with Gasteiger partial charge in [-0.05, 0) is 51.2 Å². The van der Waals surface area contributed by atoms with Gasteiger partial charge in [0.05, 0.1) is 5.69 Å². The molecule has 5 amide bonds. The average molecular weight is 668 g/mol. The lowest BCUT2D eigenvalue weighted by atomic mass is 10.1. The first-order chi connectivity index (χ1) is 23.0. The van der Waals surface area contributed by atoms with Gasteiger partial charge in [0.2, 0.25) is 17.7 Å². The number of likely N-dealkylation sites (tertiary alicyclic amines) is 2. The summed E-state index contributed by atoms with van der Waals surface area (Å²) in [5.41, 5.74) is 0.393. The molecular formula is C32H41N7O9. The normalized spacial score (nSPS) is 19.1. The predicted octanol–water partition coefficient (Wildman–Crippen LogP) is 1.04. The van der Waals surface area contributed by atoms with E-state index >= 15 is 0 Å². The fourth-order valence-electron chi connectivity index (χ4n) is 6.31. The van der Waals surface area contributed by atoms with Crippen LogP contribution in [0.25, 0.3) is 5.69 Å². The minimum absolute atomic E-state index is 0.0467. The molecule has 3 atom stereocenters. The molecule has 1 aromatic carbocycles. The Morgan fingerprint density at radius 1 is 0.875 bits per heavy atom. The summed E-state index contributed by atoms with van der Waals surface area (Å²) in [5.74, 6) is -2.78. The van der Waals surface area contributed by atoms with Crippen LogP contribution in [-0.4, -0.2) is 139 Å². The maximum absolute atomic E-state index is 13.6. The number of aromatic nitrogens is 2. The topological polar surface area (TPSA) is 195 Å². The van der Waals surface area contributed by atoms with Crippen molar-refractivity contribution in [1.82, 2.24) is 34.7 Å². The van der Waals surface area contributed by atoms with Gasteiger partial charge in [0, 0.05) is 58.3 Å². The van der Waals surface area contributed by atoms with Crippen molar-refractivity contribution < 1.29 is 43.7 Å². The van der Waals surface area contributed by atoms with Gasteiger partial charge in [-0.15, -0.1) is 0 Å². The van der Waals surface area contributed by atoms with Crippen molar-refractivity contribution in [2.75, 3.05) is 45.8 Å². The largest absolute Gasteiger partial charge is 0.481 e. The van der Waals surface area contributed by atoms with Crippen molar-refractivity contribution in [1.29, 1.82) is 0 Å². The number of piperazine rings is 1. The van der Waals surface area contributed by atoms with Crippen LogP contribution in [0.3, 0.4) is 0 Å². The van der Waals surface area contributed by atoms with Crippen LogP contribution in [0.4, 0.5) is 4.79 Å². The van der Waals surface area contributed by atoms with Crippen molar-refractivity contribution >= 4 is 35.7 Å². The lowest BCUT2D eigenvalue weighted by Crippen LogP contribution is -2.55. The van der Waals surface area contributed by atoms with E-state index in [1.807, 2.05) is 4.90 Å². The Kier molecular flexibility index (Phi) is 10.8. The third-order valence-corrected chi connectivity index (χ3v) is 8.91. The minimum Gasteiger partial charge on any atom is -0.481 e. The van der Waals surface area contributed by atoms with Gasteiger partial charge in [0.1, 0.15) is 12.1 Å². The number of para-hydroxylation sites is 1. The summed E-state index contributed by atoms with van der Waals surface area (Å²) in [4.78, 5) is 82.3. The van der Waals surface area contributed by atoms with Crippen LogP contribution in [0.5, 0.6) is 5.88 Å². The van der Waals surface area contributed by atoms with Crippen LogP contribution < -0.4 is 10.1 Å². The Bertz CT molecular complexity index is 1520.